The van der Waals surface area contributed by atoms with Gasteiger partial charge in [-0.05, 0) is 33.3 Å². The average Bonchev–Trinajstić information content (AvgIpc) is 3.07. The van der Waals surface area contributed by atoms with E-state index in [0.29, 0.717) is 17.9 Å². The zero-order chi connectivity index (χ0) is 22.1. The highest BCUT2D eigenvalue weighted by molar-refractivity contribution is 5.52. The van der Waals surface area contributed by atoms with Crippen LogP contribution in [0.5, 0.6) is 5.75 Å². The van der Waals surface area contributed by atoms with Crippen molar-refractivity contribution in [2.24, 2.45) is 5.41 Å². The molecular weight excluding hydrogens is 388 g/mol. The first-order chi connectivity index (χ1) is 14.2. The van der Waals surface area contributed by atoms with Crippen LogP contribution in [0, 0.1) is 12.3 Å². The van der Waals surface area contributed by atoms with Crippen molar-refractivity contribution in [3.8, 4) is 5.75 Å². The molecule has 0 aromatic carbocycles. The van der Waals surface area contributed by atoms with Gasteiger partial charge in [-0.2, -0.15) is 0 Å². The van der Waals surface area contributed by atoms with Gasteiger partial charge in [-0.1, -0.05) is 37.3 Å². The topological polar surface area (TPSA) is 98.4 Å². The molecule has 0 spiro atoms. The standard InChI is InChI=1S/C23H30O7/c1-6-18-23(4,26)22(3)20(25)16(29-21(22)30-18)12-10-8-7-9-11-15-14(2)17(27-5)13-19(24)28-15/h7-13,16,18,20-21,25-26H,6H2,1-5H3/b8-7+,11-9+,12-10+/t16-,18-,20+,21+,22+,23+/m1/s1. The Morgan fingerprint density at radius 1 is 1.20 bits per heavy atom. The van der Waals surface area contributed by atoms with Crippen LogP contribution in [0.15, 0.2) is 45.7 Å². The molecule has 0 saturated carbocycles. The summed E-state index contributed by atoms with van der Waals surface area (Å²) in [5, 5.41) is 21.8. The number of rotatable bonds is 6. The first kappa shape index (κ1) is 22.5. The number of aliphatic hydroxyl groups excluding tert-OH is 1. The van der Waals surface area contributed by atoms with Crippen molar-refractivity contribution in [3.63, 3.8) is 0 Å². The molecule has 0 aliphatic carbocycles. The molecule has 7 heteroatoms. The Balaban J connectivity index is 1.65. The van der Waals surface area contributed by atoms with E-state index in [4.69, 9.17) is 18.6 Å². The van der Waals surface area contributed by atoms with Crippen LogP contribution in [-0.4, -0.2) is 47.5 Å². The molecule has 0 bridgehead atoms. The van der Waals surface area contributed by atoms with Crippen LogP contribution < -0.4 is 10.4 Å². The van der Waals surface area contributed by atoms with Gasteiger partial charge in [0, 0.05) is 5.56 Å². The monoisotopic (exact) mass is 418 g/mol. The largest absolute Gasteiger partial charge is 0.496 e. The van der Waals surface area contributed by atoms with Gasteiger partial charge in [0.1, 0.15) is 23.2 Å². The lowest BCUT2D eigenvalue weighted by Crippen LogP contribution is -2.54. The van der Waals surface area contributed by atoms with Crippen LogP contribution in [0.3, 0.4) is 0 Å². The zero-order valence-corrected chi connectivity index (χ0v) is 18.0. The molecule has 164 valence electrons. The number of aliphatic hydroxyl groups is 2. The minimum absolute atomic E-state index is 0.378. The molecule has 1 aromatic rings. The molecule has 3 heterocycles. The van der Waals surface area contributed by atoms with Crippen LogP contribution in [0.1, 0.15) is 38.5 Å². The summed E-state index contributed by atoms with van der Waals surface area (Å²) in [5.74, 6) is 0.901. The maximum atomic E-state index is 11.6. The second kappa shape index (κ2) is 8.51. The molecule has 1 aromatic heterocycles. The maximum Gasteiger partial charge on any atom is 0.339 e. The lowest BCUT2D eigenvalue weighted by atomic mass is 9.69. The maximum absolute atomic E-state index is 11.6. The number of allylic oxidation sites excluding steroid dienone is 4. The minimum atomic E-state index is -1.19. The van der Waals surface area contributed by atoms with E-state index in [1.54, 1.807) is 57.2 Å². The number of ether oxygens (including phenoxy) is 3. The van der Waals surface area contributed by atoms with E-state index < -0.39 is 35.1 Å². The van der Waals surface area contributed by atoms with Gasteiger partial charge in [-0.3, -0.25) is 0 Å². The van der Waals surface area contributed by atoms with Gasteiger partial charge in [0.25, 0.3) is 0 Å². The molecule has 2 N–H and O–H groups in total. The molecule has 2 aliphatic heterocycles. The third-order valence-electron chi connectivity index (χ3n) is 6.37. The predicted octanol–water partition coefficient (Wildman–Crippen LogP) is 2.73. The first-order valence-corrected chi connectivity index (χ1v) is 10.1. The quantitative estimate of drug-likeness (QED) is 0.686. The highest BCUT2D eigenvalue weighted by atomic mass is 16.7. The highest BCUT2D eigenvalue weighted by Gasteiger charge is 2.69. The third kappa shape index (κ3) is 3.67. The van der Waals surface area contributed by atoms with E-state index in [9.17, 15) is 15.0 Å². The SMILES string of the molecule is CC[C@H]1O[C@@H]2O[C@H](/C=C/C=C/C=C/c3oc(=O)cc(OC)c3C)[C@H](O)[C@]2(C)[C@@]1(C)O. The lowest BCUT2D eigenvalue weighted by Gasteiger charge is -2.38. The summed E-state index contributed by atoms with van der Waals surface area (Å²) >= 11 is 0. The molecule has 7 nitrogen and oxygen atoms in total. The molecule has 3 rings (SSSR count). The molecule has 0 unspecified atom stereocenters. The Kier molecular flexibility index (Phi) is 6.38. The van der Waals surface area contributed by atoms with Gasteiger partial charge >= 0.3 is 5.63 Å². The normalized spacial score (nSPS) is 36.4. The van der Waals surface area contributed by atoms with E-state index in [0.717, 1.165) is 5.56 Å². The van der Waals surface area contributed by atoms with Gasteiger partial charge in [-0.25, -0.2) is 4.79 Å². The van der Waals surface area contributed by atoms with E-state index in [1.807, 2.05) is 6.92 Å². The summed E-state index contributed by atoms with van der Waals surface area (Å²) in [6.07, 6.45) is 8.53. The fraction of sp³-hybridized carbons (Fsp3) is 0.522. The summed E-state index contributed by atoms with van der Waals surface area (Å²) in [7, 11) is 1.50. The van der Waals surface area contributed by atoms with Crippen molar-refractivity contribution in [1.29, 1.82) is 0 Å². The predicted molar refractivity (Wildman–Crippen MR) is 112 cm³/mol. The smallest absolute Gasteiger partial charge is 0.339 e. The fourth-order valence-electron chi connectivity index (χ4n) is 4.19. The number of hydrogen-bond acceptors (Lipinski definition) is 7. The lowest BCUT2D eigenvalue weighted by molar-refractivity contribution is -0.144. The van der Waals surface area contributed by atoms with Crippen LogP contribution in [0.25, 0.3) is 6.08 Å². The fourth-order valence-corrected chi connectivity index (χ4v) is 4.19. The molecule has 0 amide bonds. The first-order valence-electron chi connectivity index (χ1n) is 10.1. The van der Waals surface area contributed by atoms with Crippen molar-refractivity contribution < 1.29 is 28.8 Å². The molecule has 0 radical (unpaired) electrons. The van der Waals surface area contributed by atoms with E-state index in [-0.39, 0.29) is 6.10 Å². The Morgan fingerprint density at radius 2 is 1.90 bits per heavy atom. The van der Waals surface area contributed by atoms with Gasteiger partial charge in [0.15, 0.2) is 6.29 Å². The van der Waals surface area contributed by atoms with Crippen LogP contribution >= 0.6 is 0 Å². The molecule has 6 atom stereocenters. The van der Waals surface area contributed by atoms with Crippen molar-refractivity contribution in [1.82, 2.24) is 0 Å². The van der Waals surface area contributed by atoms with Crippen molar-refractivity contribution in [3.05, 3.63) is 58.2 Å². The summed E-state index contributed by atoms with van der Waals surface area (Å²) < 4.78 is 22.0. The average molecular weight is 418 g/mol. The third-order valence-corrected chi connectivity index (χ3v) is 6.37. The second-order valence-electron chi connectivity index (χ2n) is 8.09. The Labute approximate surface area is 176 Å². The summed E-state index contributed by atoms with van der Waals surface area (Å²) in [5.41, 5.74) is -1.84. The molecule has 30 heavy (non-hydrogen) atoms. The Hall–Kier alpha value is -2.19. The van der Waals surface area contributed by atoms with E-state index in [2.05, 4.69) is 0 Å². The highest BCUT2D eigenvalue weighted by Crippen LogP contribution is 2.55. The van der Waals surface area contributed by atoms with Crippen molar-refractivity contribution >= 4 is 6.08 Å². The van der Waals surface area contributed by atoms with Gasteiger partial charge in [0.05, 0.1) is 30.8 Å². The van der Waals surface area contributed by atoms with E-state index in [1.165, 1.54) is 13.2 Å². The minimum Gasteiger partial charge on any atom is -0.496 e. The van der Waals surface area contributed by atoms with Crippen molar-refractivity contribution in [2.75, 3.05) is 7.11 Å². The van der Waals surface area contributed by atoms with Crippen LogP contribution in [0.2, 0.25) is 0 Å². The number of hydrogen-bond donors (Lipinski definition) is 2. The van der Waals surface area contributed by atoms with Crippen molar-refractivity contribution in [2.45, 2.75) is 64.3 Å². The molecule has 2 saturated heterocycles. The summed E-state index contributed by atoms with van der Waals surface area (Å²) in [6, 6.07) is 1.30. The zero-order valence-electron chi connectivity index (χ0n) is 18.0. The molecular formula is C23H30O7. The van der Waals surface area contributed by atoms with E-state index >= 15 is 0 Å². The van der Waals surface area contributed by atoms with Gasteiger partial charge < -0.3 is 28.8 Å². The van der Waals surface area contributed by atoms with Gasteiger partial charge in [0.2, 0.25) is 0 Å². The number of methoxy groups -OCH3 is 1. The number of fused-ring (bicyclic) bond motifs is 1. The van der Waals surface area contributed by atoms with Crippen LogP contribution in [-0.2, 0) is 9.47 Å². The Bertz CT molecular complexity index is 911. The van der Waals surface area contributed by atoms with Gasteiger partial charge in [-0.15, -0.1) is 0 Å². The Morgan fingerprint density at radius 3 is 2.53 bits per heavy atom. The molecule has 2 aliphatic rings. The van der Waals surface area contributed by atoms with Crippen LogP contribution in [0.4, 0.5) is 0 Å². The summed E-state index contributed by atoms with van der Waals surface area (Å²) in [4.78, 5) is 11.6. The molecule has 2 fully saturated rings. The summed E-state index contributed by atoms with van der Waals surface area (Å²) in [6.45, 7) is 7.24. The second-order valence-corrected chi connectivity index (χ2v) is 8.09.